The smallest absolute Gasteiger partial charge is 0.0992 e. The lowest BCUT2D eigenvalue weighted by Crippen LogP contribution is -2.22. The Bertz CT molecular complexity index is 646. The summed E-state index contributed by atoms with van der Waals surface area (Å²) in [6, 6.07) is 15.3. The number of hydrogen-bond donors (Lipinski definition) is 1. The largest absolute Gasteiger partial charge is 0.399 e. The van der Waals surface area contributed by atoms with Crippen LogP contribution in [0.25, 0.3) is 0 Å². The van der Waals surface area contributed by atoms with Gasteiger partial charge in [0.2, 0.25) is 0 Å². The molecular formula is C16H16ClN3. The molecule has 0 atom stereocenters. The second-order valence-electron chi connectivity index (χ2n) is 4.54. The number of nitrogen functional groups attached to an aromatic ring is 1. The van der Waals surface area contributed by atoms with Gasteiger partial charge in [-0.1, -0.05) is 23.7 Å². The number of hydrogen-bond acceptors (Lipinski definition) is 3. The lowest BCUT2D eigenvalue weighted by molar-refractivity contribution is 0.832. The summed E-state index contributed by atoms with van der Waals surface area (Å²) in [5, 5.41) is 9.47. The third-order valence-electron chi connectivity index (χ3n) is 3.12. The van der Waals surface area contributed by atoms with Crippen molar-refractivity contribution in [1.82, 2.24) is 0 Å². The summed E-state index contributed by atoms with van der Waals surface area (Å²) in [7, 11) is 0. The van der Waals surface area contributed by atoms with Crippen molar-refractivity contribution < 1.29 is 0 Å². The van der Waals surface area contributed by atoms with E-state index in [1.807, 2.05) is 30.3 Å². The first kappa shape index (κ1) is 14.2. The Labute approximate surface area is 124 Å². The second kappa shape index (κ2) is 6.31. The molecule has 2 rings (SSSR count). The van der Waals surface area contributed by atoms with Crippen molar-refractivity contribution in [3.63, 3.8) is 0 Å². The summed E-state index contributed by atoms with van der Waals surface area (Å²) in [4.78, 5) is 2.15. The Hall–Kier alpha value is -2.18. The number of halogens is 1. The van der Waals surface area contributed by atoms with E-state index < -0.39 is 0 Å². The summed E-state index contributed by atoms with van der Waals surface area (Å²) in [6.07, 6.45) is 0. The molecule has 0 aliphatic rings. The fraction of sp³-hybridized carbons (Fsp3) is 0.188. The van der Waals surface area contributed by atoms with Crippen molar-refractivity contribution in [2.45, 2.75) is 13.5 Å². The SMILES string of the molecule is CCN(Cc1cccc(N)c1)c1ccc(C#N)cc1Cl. The third-order valence-corrected chi connectivity index (χ3v) is 3.43. The first-order valence-corrected chi connectivity index (χ1v) is 6.81. The Kier molecular flexibility index (Phi) is 4.49. The van der Waals surface area contributed by atoms with E-state index in [-0.39, 0.29) is 0 Å². The molecule has 0 heterocycles. The molecule has 0 fully saturated rings. The minimum absolute atomic E-state index is 0.568. The van der Waals surface area contributed by atoms with E-state index in [2.05, 4.69) is 17.9 Å². The molecule has 0 saturated carbocycles. The van der Waals surface area contributed by atoms with Gasteiger partial charge in [0, 0.05) is 18.8 Å². The van der Waals surface area contributed by atoms with Crippen LogP contribution in [0.4, 0.5) is 11.4 Å². The van der Waals surface area contributed by atoms with Crippen LogP contribution in [0.1, 0.15) is 18.1 Å². The lowest BCUT2D eigenvalue weighted by Gasteiger charge is -2.24. The highest BCUT2D eigenvalue weighted by atomic mass is 35.5. The van der Waals surface area contributed by atoms with Crippen LogP contribution in [0.5, 0.6) is 0 Å². The van der Waals surface area contributed by atoms with Crippen LogP contribution in [0.3, 0.4) is 0 Å². The molecule has 0 aliphatic carbocycles. The maximum absolute atomic E-state index is 8.88. The molecule has 0 unspecified atom stereocenters. The Morgan fingerprint density at radius 2 is 2.05 bits per heavy atom. The van der Waals surface area contributed by atoms with E-state index in [9.17, 15) is 0 Å². The molecule has 3 nitrogen and oxygen atoms in total. The van der Waals surface area contributed by atoms with Gasteiger partial charge in [-0.2, -0.15) is 5.26 Å². The highest BCUT2D eigenvalue weighted by Gasteiger charge is 2.10. The average Bonchev–Trinajstić information content (AvgIpc) is 2.45. The van der Waals surface area contributed by atoms with E-state index in [1.165, 1.54) is 0 Å². The molecule has 0 aromatic heterocycles. The minimum Gasteiger partial charge on any atom is -0.399 e. The Morgan fingerprint density at radius 1 is 1.25 bits per heavy atom. The van der Waals surface area contributed by atoms with Gasteiger partial charge in [-0.25, -0.2) is 0 Å². The lowest BCUT2D eigenvalue weighted by atomic mass is 10.1. The first-order valence-electron chi connectivity index (χ1n) is 6.43. The number of nitrogens with two attached hydrogens (primary N) is 1. The number of nitriles is 1. The number of anilines is 2. The van der Waals surface area contributed by atoms with Gasteiger partial charge in [0.05, 0.1) is 22.3 Å². The fourth-order valence-electron chi connectivity index (χ4n) is 2.11. The third kappa shape index (κ3) is 3.23. The standard InChI is InChI=1S/C16H16ClN3/c1-2-20(11-13-4-3-5-14(19)8-13)16-7-6-12(10-18)9-15(16)17/h3-9H,2,11,19H2,1H3. The zero-order chi connectivity index (χ0) is 14.5. The van der Waals surface area contributed by atoms with Gasteiger partial charge in [-0.15, -0.1) is 0 Å². The topological polar surface area (TPSA) is 53.0 Å². The van der Waals surface area contributed by atoms with Crippen molar-refractivity contribution in [2.24, 2.45) is 0 Å². The van der Waals surface area contributed by atoms with Crippen molar-refractivity contribution in [1.29, 1.82) is 5.26 Å². The molecule has 0 radical (unpaired) electrons. The normalized spacial score (nSPS) is 10.1. The monoisotopic (exact) mass is 285 g/mol. The van der Waals surface area contributed by atoms with E-state index in [1.54, 1.807) is 12.1 Å². The molecule has 2 aromatic carbocycles. The number of nitrogens with zero attached hydrogens (tertiary/aromatic N) is 2. The molecule has 0 aliphatic heterocycles. The number of benzene rings is 2. The van der Waals surface area contributed by atoms with Crippen LogP contribution in [0, 0.1) is 11.3 Å². The number of rotatable bonds is 4. The van der Waals surface area contributed by atoms with Crippen LogP contribution in [-0.2, 0) is 6.54 Å². The molecular weight excluding hydrogens is 270 g/mol. The molecule has 2 N–H and O–H groups in total. The van der Waals surface area contributed by atoms with Crippen LogP contribution < -0.4 is 10.6 Å². The molecule has 0 saturated heterocycles. The van der Waals surface area contributed by atoms with Gasteiger partial charge in [0.15, 0.2) is 0 Å². The summed E-state index contributed by atoms with van der Waals surface area (Å²) in [5.41, 5.74) is 9.18. The van der Waals surface area contributed by atoms with Crippen molar-refractivity contribution >= 4 is 23.0 Å². The quantitative estimate of drug-likeness (QED) is 0.869. The van der Waals surface area contributed by atoms with E-state index in [0.717, 1.165) is 30.0 Å². The Balaban J connectivity index is 2.27. The second-order valence-corrected chi connectivity index (χ2v) is 4.94. The van der Waals surface area contributed by atoms with Gasteiger partial charge in [-0.05, 0) is 42.8 Å². The molecule has 102 valence electrons. The maximum atomic E-state index is 8.88. The maximum Gasteiger partial charge on any atom is 0.0992 e. The van der Waals surface area contributed by atoms with Crippen molar-refractivity contribution in [2.75, 3.05) is 17.2 Å². The molecule has 4 heteroatoms. The average molecular weight is 286 g/mol. The minimum atomic E-state index is 0.568. The van der Waals surface area contributed by atoms with Crippen molar-refractivity contribution in [3.05, 3.63) is 58.6 Å². The zero-order valence-electron chi connectivity index (χ0n) is 11.3. The zero-order valence-corrected chi connectivity index (χ0v) is 12.1. The predicted molar refractivity (Wildman–Crippen MR) is 83.7 cm³/mol. The van der Waals surface area contributed by atoms with Crippen molar-refractivity contribution in [3.8, 4) is 6.07 Å². The summed E-state index contributed by atoms with van der Waals surface area (Å²) >= 11 is 6.26. The molecule has 0 bridgehead atoms. The predicted octanol–water partition coefficient (Wildman–Crippen LogP) is 3.82. The van der Waals surface area contributed by atoms with E-state index >= 15 is 0 Å². The van der Waals surface area contributed by atoms with Gasteiger partial charge in [0.25, 0.3) is 0 Å². The first-order chi connectivity index (χ1) is 9.63. The van der Waals surface area contributed by atoms with Gasteiger partial charge in [0.1, 0.15) is 0 Å². The van der Waals surface area contributed by atoms with Crippen LogP contribution in [0.15, 0.2) is 42.5 Å². The van der Waals surface area contributed by atoms with E-state index in [4.69, 9.17) is 22.6 Å². The van der Waals surface area contributed by atoms with E-state index in [0.29, 0.717) is 10.6 Å². The highest BCUT2D eigenvalue weighted by molar-refractivity contribution is 6.33. The Morgan fingerprint density at radius 3 is 2.65 bits per heavy atom. The van der Waals surface area contributed by atoms with Crippen LogP contribution >= 0.6 is 11.6 Å². The van der Waals surface area contributed by atoms with Gasteiger partial charge < -0.3 is 10.6 Å². The highest BCUT2D eigenvalue weighted by Crippen LogP contribution is 2.28. The van der Waals surface area contributed by atoms with Crippen LogP contribution in [0.2, 0.25) is 5.02 Å². The molecule has 0 spiro atoms. The summed E-state index contributed by atoms with van der Waals surface area (Å²) in [6.45, 7) is 3.62. The summed E-state index contributed by atoms with van der Waals surface area (Å²) < 4.78 is 0. The van der Waals surface area contributed by atoms with Gasteiger partial charge in [-0.3, -0.25) is 0 Å². The summed E-state index contributed by atoms with van der Waals surface area (Å²) in [5.74, 6) is 0. The molecule has 2 aromatic rings. The van der Waals surface area contributed by atoms with Crippen LogP contribution in [-0.4, -0.2) is 6.54 Å². The fourth-order valence-corrected chi connectivity index (χ4v) is 2.41. The van der Waals surface area contributed by atoms with Gasteiger partial charge >= 0.3 is 0 Å². The molecule has 20 heavy (non-hydrogen) atoms. The molecule has 0 amide bonds.